The zero-order valence-corrected chi connectivity index (χ0v) is 9.75. The van der Waals surface area contributed by atoms with Gasteiger partial charge >= 0.3 is 0 Å². The summed E-state index contributed by atoms with van der Waals surface area (Å²) in [5.41, 5.74) is 2.75. The van der Waals surface area contributed by atoms with E-state index in [4.69, 9.17) is 0 Å². The van der Waals surface area contributed by atoms with E-state index < -0.39 is 0 Å². The Hall–Kier alpha value is -0.820. The highest BCUT2D eigenvalue weighted by molar-refractivity contribution is 5.23. The second-order valence-electron chi connectivity index (χ2n) is 3.81. The summed E-state index contributed by atoms with van der Waals surface area (Å²) in [7, 11) is 0. The zero-order chi connectivity index (χ0) is 10.6. The Kier molecular flexibility index (Phi) is 4.15. The van der Waals surface area contributed by atoms with Gasteiger partial charge in [-0.05, 0) is 32.5 Å². The Morgan fingerprint density at radius 2 is 1.57 bits per heavy atom. The zero-order valence-electron chi connectivity index (χ0n) is 9.75. The maximum Gasteiger partial charge on any atom is 0.0319 e. The molecule has 1 unspecified atom stereocenters. The van der Waals surface area contributed by atoms with Crippen molar-refractivity contribution in [2.45, 2.75) is 33.7 Å². The van der Waals surface area contributed by atoms with Crippen LogP contribution in [0.25, 0.3) is 0 Å². The summed E-state index contributed by atoms with van der Waals surface area (Å²) in [6.45, 7) is 11.1. The maximum atomic E-state index is 2.46. The van der Waals surface area contributed by atoms with E-state index in [2.05, 4.69) is 56.9 Å². The van der Waals surface area contributed by atoms with Gasteiger partial charge in [-0.15, -0.1) is 0 Å². The van der Waals surface area contributed by atoms with Crippen LogP contribution in [0.4, 0.5) is 0 Å². The first-order valence-electron chi connectivity index (χ1n) is 5.49. The lowest BCUT2D eigenvalue weighted by Crippen LogP contribution is -2.26. The molecule has 1 nitrogen and oxygen atoms in total. The van der Waals surface area contributed by atoms with Gasteiger partial charge in [-0.25, -0.2) is 0 Å². The van der Waals surface area contributed by atoms with E-state index in [-0.39, 0.29) is 0 Å². The van der Waals surface area contributed by atoms with Crippen LogP contribution in [0.15, 0.2) is 24.3 Å². The fourth-order valence-electron chi connectivity index (χ4n) is 1.83. The molecule has 0 saturated carbocycles. The SMILES string of the molecule is CCN(CC)C(C)c1ccc(C)cc1. The minimum atomic E-state index is 0.533. The molecule has 0 bridgehead atoms. The monoisotopic (exact) mass is 191 g/mol. The number of aryl methyl sites for hydroxylation is 1. The minimum Gasteiger partial charge on any atom is -0.297 e. The third-order valence-corrected chi connectivity index (χ3v) is 2.92. The van der Waals surface area contributed by atoms with Gasteiger partial charge in [-0.2, -0.15) is 0 Å². The molecular formula is C13H21N. The number of benzene rings is 1. The van der Waals surface area contributed by atoms with Gasteiger partial charge in [0.1, 0.15) is 0 Å². The predicted octanol–water partition coefficient (Wildman–Crippen LogP) is 3.40. The Bertz CT molecular complexity index is 259. The van der Waals surface area contributed by atoms with Gasteiger partial charge in [0, 0.05) is 6.04 Å². The van der Waals surface area contributed by atoms with Crippen LogP contribution in [0.3, 0.4) is 0 Å². The van der Waals surface area contributed by atoms with Crippen LogP contribution in [0.2, 0.25) is 0 Å². The van der Waals surface area contributed by atoms with Crippen molar-refractivity contribution in [3.63, 3.8) is 0 Å². The molecule has 0 spiro atoms. The predicted molar refractivity (Wildman–Crippen MR) is 62.5 cm³/mol. The quantitative estimate of drug-likeness (QED) is 0.705. The van der Waals surface area contributed by atoms with E-state index in [1.165, 1.54) is 11.1 Å². The van der Waals surface area contributed by atoms with Gasteiger partial charge in [0.05, 0.1) is 0 Å². The molecule has 0 N–H and O–H groups in total. The summed E-state index contributed by atoms with van der Waals surface area (Å²) in [6.07, 6.45) is 0. The fraction of sp³-hybridized carbons (Fsp3) is 0.538. The lowest BCUT2D eigenvalue weighted by molar-refractivity contribution is 0.234. The molecule has 1 aromatic carbocycles. The molecule has 0 aliphatic carbocycles. The number of rotatable bonds is 4. The van der Waals surface area contributed by atoms with Crippen molar-refractivity contribution in [1.29, 1.82) is 0 Å². The molecule has 0 aliphatic rings. The average molecular weight is 191 g/mol. The molecule has 78 valence electrons. The Labute approximate surface area is 87.7 Å². The van der Waals surface area contributed by atoms with Crippen molar-refractivity contribution < 1.29 is 0 Å². The molecule has 0 aliphatic heterocycles. The summed E-state index contributed by atoms with van der Waals surface area (Å²) in [5.74, 6) is 0. The van der Waals surface area contributed by atoms with E-state index in [0.29, 0.717) is 6.04 Å². The minimum absolute atomic E-state index is 0.533. The van der Waals surface area contributed by atoms with Crippen LogP contribution in [-0.4, -0.2) is 18.0 Å². The Morgan fingerprint density at radius 1 is 1.07 bits per heavy atom. The summed E-state index contributed by atoms with van der Waals surface area (Å²) < 4.78 is 0. The van der Waals surface area contributed by atoms with Gasteiger partial charge in [0.25, 0.3) is 0 Å². The molecule has 1 heteroatoms. The standard InChI is InChI=1S/C13H21N/c1-5-14(6-2)12(4)13-9-7-11(3)8-10-13/h7-10,12H,5-6H2,1-4H3. The fourth-order valence-corrected chi connectivity index (χ4v) is 1.83. The third-order valence-electron chi connectivity index (χ3n) is 2.92. The highest BCUT2D eigenvalue weighted by atomic mass is 15.1. The summed E-state index contributed by atoms with van der Waals surface area (Å²) in [4.78, 5) is 2.46. The molecule has 0 radical (unpaired) electrons. The van der Waals surface area contributed by atoms with Gasteiger partial charge in [-0.1, -0.05) is 43.7 Å². The smallest absolute Gasteiger partial charge is 0.0319 e. The first-order chi connectivity index (χ1) is 6.69. The lowest BCUT2D eigenvalue weighted by Gasteiger charge is -2.26. The molecule has 0 aromatic heterocycles. The second kappa shape index (κ2) is 5.16. The maximum absolute atomic E-state index is 2.46. The molecule has 0 fully saturated rings. The molecule has 0 heterocycles. The van der Waals surface area contributed by atoms with E-state index in [1.54, 1.807) is 0 Å². The number of nitrogens with zero attached hydrogens (tertiary/aromatic N) is 1. The van der Waals surface area contributed by atoms with Crippen molar-refractivity contribution in [2.24, 2.45) is 0 Å². The van der Waals surface area contributed by atoms with Crippen LogP contribution in [0, 0.1) is 6.92 Å². The topological polar surface area (TPSA) is 3.24 Å². The van der Waals surface area contributed by atoms with Crippen molar-refractivity contribution in [3.05, 3.63) is 35.4 Å². The van der Waals surface area contributed by atoms with Crippen molar-refractivity contribution in [3.8, 4) is 0 Å². The molecule has 1 aromatic rings. The van der Waals surface area contributed by atoms with E-state index in [0.717, 1.165) is 13.1 Å². The Morgan fingerprint density at radius 3 is 2.00 bits per heavy atom. The molecule has 1 rings (SSSR count). The second-order valence-corrected chi connectivity index (χ2v) is 3.81. The van der Waals surface area contributed by atoms with Gasteiger partial charge in [-0.3, -0.25) is 4.90 Å². The number of hydrogen-bond acceptors (Lipinski definition) is 1. The summed E-state index contributed by atoms with van der Waals surface area (Å²) >= 11 is 0. The van der Waals surface area contributed by atoms with Crippen LogP contribution >= 0.6 is 0 Å². The Balaban J connectivity index is 2.77. The average Bonchev–Trinajstić information content (AvgIpc) is 2.20. The number of hydrogen-bond donors (Lipinski definition) is 0. The summed E-state index contributed by atoms with van der Waals surface area (Å²) in [6, 6.07) is 9.38. The highest BCUT2D eigenvalue weighted by Crippen LogP contribution is 2.19. The van der Waals surface area contributed by atoms with Gasteiger partial charge < -0.3 is 0 Å². The van der Waals surface area contributed by atoms with Gasteiger partial charge in [0.2, 0.25) is 0 Å². The van der Waals surface area contributed by atoms with Gasteiger partial charge in [0.15, 0.2) is 0 Å². The molecule has 1 atom stereocenters. The normalized spacial score (nSPS) is 13.2. The van der Waals surface area contributed by atoms with E-state index in [1.807, 2.05) is 0 Å². The van der Waals surface area contributed by atoms with Crippen LogP contribution < -0.4 is 0 Å². The van der Waals surface area contributed by atoms with Crippen molar-refractivity contribution >= 4 is 0 Å². The van der Waals surface area contributed by atoms with Crippen molar-refractivity contribution in [2.75, 3.05) is 13.1 Å². The molecule has 14 heavy (non-hydrogen) atoms. The molecule has 0 amide bonds. The highest BCUT2D eigenvalue weighted by Gasteiger charge is 2.11. The third kappa shape index (κ3) is 2.58. The molecular weight excluding hydrogens is 170 g/mol. The first kappa shape index (κ1) is 11.3. The van der Waals surface area contributed by atoms with Crippen LogP contribution in [0.5, 0.6) is 0 Å². The van der Waals surface area contributed by atoms with Crippen molar-refractivity contribution in [1.82, 2.24) is 4.90 Å². The lowest BCUT2D eigenvalue weighted by atomic mass is 10.1. The van der Waals surface area contributed by atoms with E-state index in [9.17, 15) is 0 Å². The van der Waals surface area contributed by atoms with E-state index >= 15 is 0 Å². The largest absolute Gasteiger partial charge is 0.297 e. The van der Waals surface area contributed by atoms with Crippen LogP contribution in [-0.2, 0) is 0 Å². The first-order valence-corrected chi connectivity index (χ1v) is 5.49. The molecule has 0 saturated heterocycles. The summed E-state index contributed by atoms with van der Waals surface area (Å²) in [5, 5.41) is 0. The van der Waals surface area contributed by atoms with Crippen LogP contribution in [0.1, 0.15) is 37.9 Å².